The minimum Gasteiger partial charge on any atom is -0.466 e. The number of furan rings is 1. The van der Waals surface area contributed by atoms with Crippen LogP contribution < -0.4 is 10.6 Å². The lowest BCUT2D eigenvalue weighted by Crippen LogP contribution is -2.53. The first kappa shape index (κ1) is 19.3. The van der Waals surface area contributed by atoms with Crippen molar-refractivity contribution in [2.45, 2.75) is 66.0 Å². The molecule has 0 unspecified atom stereocenters. The molecule has 1 aliphatic heterocycles. The Morgan fingerprint density at radius 1 is 1.32 bits per heavy atom. The molecule has 1 saturated heterocycles. The Kier molecular flexibility index (Phi) is 5.80. The fraction of sp³-hybridized carbons (Fsp3) is 0.684. The molecule has 1 fully saturated rings. The second-order valence-electron chi connectivity index (χ2n) is 8.12. The Balaban J connectivity index is 1.97. The molecular weight excluding hydrogens is 318 g/mol. The molecule has 0 aliphatic carbocycles. The van der Waals surface area contributed by atoms with Crippen molar-refractivity contribution in [1.29, 1.82) is 0 Å². The van der Waals surface area contributed by atoms with Crippen LogP contribution >= 0.6 is 0 Å². The van der Waals surface area contributed by atoms with Gasteiger partial charge in [0, 0.05) is 24.7 Å². The summed E-state index contributed by atoms with van der Waals surface area (Å²) in [6.07, 6.45) is 1.95. The Hall–Kier alpha value is -1.98. The number of hydrogen-bond acceptors (Lipinski definition) is 3. The van der Waals surface area contributed by atoms with Gasteiger partial charge in [0.1, 0.15) is 11.5 Å². The summed E-state index contributed by atoms with van der Waals surface area (Å²) in [6, 6.07) is 1.65. The van der Waals surface area contributed by atoms with Crippen LogP contribution in [0.3, 0.4) is 0 Å². The van der Waals surface area contributed by atoms with Crippen molar-refractivity contribution in [3.05, 3.63) is 23.2 Å². The summed E-state index contributed by atoms with van der Waals surface area (Å²) in [5, 5.41) is 5.93. The van der Waals surface area contributed by atoms with Gasteiger partial charge in [-0.25, -0.2) is 4.79 Å². The van der Waals surface area contributed by atoms with E-state index in [0.717, 1.165) is 25.1 Å². The molecule has 2 heterocycles. The molecule has 1 aliphatic rings. The number of rotatable bonds is 3. The summed E-state index contributed by atoms with van der Waals surface area (Å²) in [6.45, 7) is 12.9. The Labute approximate surface area is 150 Å². The molecular formula is C19H31N3O3. The van der Waals surface area contributed by atoms with E-state index in [-0.39, 0.29) is 29.4 Å². The summed E-state index contributed by atoms with van der Waals surface area (Å²) >= 11 is 0. The fourth-order valence-electron chi connectivity index (χ4n) is 3.32. The molecule has 6 nitrogen and oxygen atoms in total. The van der Waals surface area contributed by atoms with Gasteiger partial charge in [-0.05, 0) is 66.4 Å². The number of nitrogens with zero attached hydrogens (tertiary/aromatic N) is 1. The Bertz CT molecular complexity index is 630. The predicted octanol–water partition coefficient (Wildman–Crippen LogP) is 3.23. The van der Waals surface area contributed by atoms with Crippen molar-refractivity contribution in [3.8, 4) is 0 Å². The van der Waals surface area contributed by atoms with E-state index in [2.05, 4.69) is 10.6 Å². The highest BCUT2D eigenvalue weighted by Crippen LogP contribution is 2.23. The number of aryl methyl sites for hydroxylation is 2. The average molecular weight is 349 g/mol. The molecule has 0 radical (unpaired) electrons. The fourth-order valence-corrected chi connectivity index (χ4v) is 3.32. The van der Waals surface area contributed by atoms with Gasteiger partial charge in [-0.1, -0.05) is 0 Å². The van der Waals surface area contributed by atoms with Gasteiger partial charge in [-0.15, -0.1) is 0 Å². The second kappa shape index (κ2) is 7.50. The largest absolute Gasteiger partial charge is 0.466 e. The van der Waals surface area contributed by atoms with Crippen LogP contribution in [-0.2, 0) is 0 Å². The number of likely N-dealkylation sites (tertiary alicyclic amines) is 1. The number of hydrogen-bond donors (Lipinski definition) is 2. The van der Waals surface area contributed by atoms with Crippen molar-refractivity contribution in [1.82, 2.24) is 15.5 Å². The van der Waals surface area contributed by atoms with Crippen LogP contribution in [0.25, 0.3) is 0 Å². The van der Waals surface area contributed by atoms with Crippen molar-refractivity contribution >= 4 is 11.9 Å². The van der Waals surface area contributed by atoms with Crippen LogP contribution in [-0.4, -0.2) is 41.5 Å². The average Bonchev–Trinajstić information content (AvgIpc) is 2.83. The van der Waals surface area contributed by atoms with Crippen LogP contribution in [0, 0.1) is 19.8 Å². The third kappa shape index (κ3) is 5.25. The summed E-state index contributed by atoms with van der Waals surface area (Å²) < 4.78 is 5.49. The molecule has 25 heavy (non-hydrogen) atoms. The smallest absolute Gasteiger partial charge is 0.315 e. The molecule has 0 spiro atoms. The van der Waals surface area contributed by atoms with E-state index in [1.54, 1.807) is 6.07 Å². The van der Waals surface area contributed by atoms with E-state index in [0.29, 0.717) is 17.9 Å². The number of urea groups is 1. The SMILES string of the molecule is Cc1cc(C(=O)N2CCC[C@@H]([C@H](C)NC(=O)NC(C)(C)C)C2)c(C)o1. The van der Waals surface area contributed by atoms with Crippen LogP contribution in [0.2, 0.25) is 0 Å². The number of carbonyl (C=O) groups is 2. The monoisotopic (exact) mass is 349 g/mol. The van der Waals surface area contributed by atoms with Crippen LogP contribution in [0.5, 0.6) is 0 Å². The molecule has 2 N–H and O–H groups in total. The highest BCUT2D eigenvalue weighted by molar-refractivity contribution is 5.95. The minimum atomic E-state index is -0.269. The van der Waals surface area contributed by atoms with E-state index in [9.17, 15) is 9.59 Å². The standard InChI is InChI=1S/C19H31N3O3/c1-12-10-16(14(3)25-12)17(23)22-9-7-8-15(11-22)13(2)20-18(24)21-19(4,5)6/h10,13,15H,7-9,11H2,1-6H3,(H2,20,21,24)/t13-,15+/m0/s1. The second-order valence-corrected chi connectivity index (χ2v) is 8.12. The van der Waals surface area contributed by atoms with Gasteiger partial charge in [-0.2, -0.15) is 0 Å². The van der Waals surface area contributed by atoms with Gasteiger partial charge in [-0.3, -0.25) is 4.79 Å². The summed E-state index contributed by atoms with van der Waals surface area (Å²) in [5.74, 6) is 1.69. The van der Waals surface area contributed by atoms with E-state index in [1.165, 1.54) is 0 Å². The van der Waals surface area contributed by atoms with Crippen LogP contribution in [0.4, 0.5) is 4.79 Å². The topological polar surface area (TPSA) is 74.6 Å². The molecule has 2 rings (SSSR count). The van der Waals surface area contributed by atoms with Crippen molar-refractivity contribution in [2.24, 2.45) is 5.92 Å². The lowest BCUT2D eigenvalue weighted by atomic mass is 9.91. The first-order valence-electron chi connectivity index (χ1n) is 9.02. The molecule has 3 amide bonds. The van der Waals surface area contributed by atoms with Gasteiger partial charge < -0.3 is 20.0 Å². The predicted molar refractivity (Wildman–Crippen MR) is 97.7 cm³/mol. The molecule has 0 saturated carbocycles. The highest BCUT2D eigenvalue weighted by Gasteiger charge is 2.30. The van der Waals surface area contributed by atoms with E-state index in [1.807, 2.05) is 46.4 Å². The number of carbonyl (C=O) groups excluding carboxylic acids is 2. The lowest BCUT2D eigenvalue weighted by Gasteiger charge is -2.36. The van der Waals surface area contributed by atoms with Gasteiger partial charge in [0.05, 0.1) is 5.56 Å². The van der Waals surface area contributed by atoms with Crippen LogP contribution in [0.15, 0.2) is 10.5 Å². The van der Waals surface area contributed by atoms with Crippen molar-refractivity contribution in [2.75, 3.05) is 13.1 Å². The molecule has 1 aromatic rings. The molecule has 6 heteroatoms. The maximum absolute atomic E-state index is 12.8. The zero-order valence-corrected chi connectivity index (χ0v) is 16.2. The maximum Gasteiger partial charge on any atom is 0.315 e. The van der Waals surface area contributed by atoms with Gasteiger partial charge in [0.25, 0.3) is 5.91 Å². The summed E-state index contributed by atoms with van der Waals surface area (Å²) in [5.41, 5.74) is 0.374. The zero-order chi connectivity index (χ0) is 18.8. The summed E-state index contributed by atoms with van der Waals surface area (Å²) in [4.78, 5) is 26.7. The first-order chi connectivity index (χ1) is 11.6. The van der Waals surface area contributed by atoms with E-state index in [4.69, 9.17) is 4.42 Å². The molecule has 2 atom stereocenters. The van der Waals surface area contributed by atoms with Crippen molar-refractivity contribution < 1.29 is 14.0 Å². The molecule has 140 valence electrons. The highest BCUT2D eigenvalue weighted by atomic mass is 16.3. The lowest BCUT2D eigenvalue weighted by molar-refractivity contribution is 0.0652. The maximum atomic E-state index is 12.8. The van der Waals surface area contributed by atoms with Gasteiger partial charge >= 0.3 is 6.03 Å². The Morgan fingerprint density at radius 3 is 2.56 bits per heavy atom. The van der Waals surface area contributed by atoms with Crippen molar-refractivity contribution in [3.63, 3.8) is 0 Å². The third-order valence-electron chi connectivity index (χ3n) is 4.57. The molecule has 0 bridgehead atoms. The zero-order valence-electron chi connectivity index (χ0n) is 16.2. The number of nitrogens with one attached hydrogen (secondary N) is 2. The molecule has 0 aromatic carbocycles. The van der Waals surface area contributed by atoms with E-state index >= 15 is 0 Å². The van der Waals surface area contributed by atoms with E-state index < -0.39 is 0 Å². The number of amides is 3. The minimum absolute atomic E-state index is 0.00475. The van der Waals surface area contributed by atoms with Crippen LogP contribution in [0.1, 0.15) is 62.4 Å². The molecule has 1 aromatic heterocycles. The third-order valence-corrected chi connectivity index (χ3v) is 4.57. The normalized spacial score (nSPS) is 19.4. The summed E-state index contributed by atoms with van der Waals surface area (Å²) in [7, 11) is 0. The Morgan fingerprint density at radius 2 is 2.00 bits per heavy atom. The quantitative estimate of drug-likeness (QED) is 0.880. The van der Waals surface area contributed by atoms with Gasteiger partial charge in [0.2, 0.25) is 0 Å². The number of piperidine rings is 1. The first-order valence-corrected chi connectivity index (χ1v) is 9.02. The van der Waals surface area contributed by atoms with Gasteiger partial charge in [0.15, 0.2) is 0 Å².